The number of rotatable bonds is 8. The Kier molecular flexibility index (Phi) is 6.26. The lowest BCUT2D eigenvalue weighted by Gasteiger charge is -2.20. The van der Waals surface area contributed by atoms with E-state index in [1.165, 1.54) is 18.4 Å². The Labute approximate surface area is 182 Å². The summed E-state index contributed by atoms with van der Waals surface area (Å²) in [5.74, 6) is 0.963. The second-order valence-corrected chi connectivity index (χ2v) is 7.98. The van der Waals surface area contributed by atoms with Crippen LogP contribution in [0, 0.1) is 0 Å². The molecule has 2 aromatic carbocycles. The van der Waals surface area contributed by atoms with Gasteiger partial charge < -0.3 is 20.5 Å². The van der Waals surface area contributed by atoms with E-state index in [1.807, 2.05) is 30.3 Å². The maximum Gasteiger partial charge on any atom is 0.221 e. The molecule has 0 atom stereocenters. The molecule has 1 saturated carbocycles. The molecule has 1 fully saturated rings. The molecule has 1 aliphatic rings. The van der Waals surface area contributed by atoms with Crippen LogP contribution in [0.1, 0.15) is 43.7 Å². The molecule has 6 nitrogen and oxygen atoms in total. The average Bonchev–Trinajstić information content (AvgIpc) is 3.28. The molecule has 0 unspecified atom stereocenters. The van der Waals surface area contributed by atoms with Gasteiger partial charge in [-0.1, -0.05) is 25.1 Å². The van der Waals surface area contributed by atoms with Crippen LogP contribution in [0.5, 0.6) is 11.5 Å². The van der Waals surface area contributed by atoms with Crippen LogP contribution in [-0.4, -0.2) is 24.1 Å². The van der Waals surface area contributed by atoms with Crippen molar-refractivity contribution < 1.29 is 14.3 Å². The molecule has 3 aromatic rings. The standard InChI is InChI=1S/C25H29N3O3/c1-3-16-8-4-7-11-20(16)28-25-17(12-24(26)29)15-27-21-14-22(30-2)23(13-19(21)25)31-18-9-5-6-10-18/h4,7-8,11,13-15,18H,3,5-6,9-10,12H2,1-2H3,(H2,26,29)(H,27,28). The van der Waals surface area contributed by atoms with Crippen LogP contribution in [0.2, 0.25) is 0 Å². The molecule has 3 N–H and O–H groups in total. The van der Waals surface area contributed by atoms with E-state index in [2.05, 4.69) is 23.3 Å². The molecular weight excluding hydrogens is 390 g/mol. The zero-order valence-electron chi connectivity index (χ0n) is 18.1. The van der Waals surface area contributed by atoms with Gasteiger partial charge >= 0.3 is 0 Å². The van der Waals surface area contributed by atoms with Crippen molar-refractivity contribution >= 4 is 28.2 Å². The van der Waals surface area contributed by atoms with Crippen LogP contribution >= 0.6 is 0 Å². The second kappa shape index (κ2) is 9.25. The zero-order chi connectivity index (χ0) is 21.8. The van der Waals surface area contributed by atoms with E-state index in [4.69, 9.17) is 15.2 Å². The molecule has 0 bridgehead atoms. The van der Waals surface area contributed by atoms with Gasteiger partial charge in [-0.15, -0.1) is 0 Å². The van der Waals surface area contributed by atoms with Gasteiger partial charge in [-0.3, -0.25) is 9.78 Å². The van der Waals surface area contributed by atoms with Crippen LogP contribution in [0.4, 0.5) is 11.4 Å². The quantitative estimate of drug-likeness (QED) is 0.542. The number of primary amides is 1. The minimum absolute atomic E-state index is 0.102. The minimum Gasteiger partial charge on any atom is -0.493 e. The molecule has 0 spiro atoms. The Bertz CT molecular complexity index is 1090. The fourth-order valence-corrected chi connectivity index (χ4v) is 4.23. The average molecular weight is 420 g/mol. The van der Waals surface area contributed by atoms with Crippen molar-refractivity contribution in [3.63, 3.8) is 0 Å². The molecule has 6 heteroatoms. The number of para-hydroxylation sites is 1. The van der Waals surface area contributed by atoms with E-state index in [9.17, 15) is 4.79 Å². The largest absolute Gasteiger partial charge is 0.493 e. The SMILES string of the molecule is CCc1ccccc1Nc1c(CC(N)=O)cnc2cc(OC)c(OC3CCCC3)cc12. The van der Waals surface area contributed by atoms with E-state index in [-0.39, 0.29) is 12.5 Å². The highest BCUT2D eigenvalue weighted by Crippen LogP contribution is 2.39. The molecular formula is C25H29N3O3. The summed E-state index contributed by atoms with van der Waals surface area (Å²) < 4.78 is 11.9. The lowest BCUT2D eigenvalue weighted by Crippen LogP contribution is -2.15. The molecule has 1 amide bonds. The third-order valence-corrected chi connectivity index (χ3v) is 5.85. The van der Waals surface area contributed by atoms with E-state index < -0.39 is 5.91 Å². The monoisotopic (exact) mass is 419 g/mol. The number of ether oxygens (including phenoxy) is 2. The zero-order valence-corrected chi connectivity index (χ0v) is 18.1. The number of pyridine rings is 1. The van der Waals surface area contributed by atoms with Crippen molar-refractivity contribution in [1.29, 1.82) is 0 Å². The van der Waals surface area contributed by atoms with Gasteiger partial charge in [-0.05, 0) is 49.8 Å². The molecule has 0 saturated heterocycles. The highest BCUT2D eigenvalue weighted by Gasteiger charge is 2.21. The summed E-state index contributed by atoms with van der Waals surface area (Å²) in [6, 6.07) is 12.0. The fourth-order valence-electron chi connectivity index (χ4n) is 4.23. The third-order valence-electron chi connectivity index (χ3n) is 5.85. The predicted octanol–water partition coefficient (Wildman–Crippen LogP) is 4.90. The molecule has 1 heterocycles. The third kappa shape index (κ3) is 4.58. The first-order valence-corrected chi connectivity index (χ1v) is 10.9. The van der Waals surface area contributed by atoms with Crippen LogP contribution in [0.3, 0.4) is 0 Å². The predicted molar refractivity (Wildman–Crippen MR) is 123 cm³/mol. The normalized spacial score (nSPS) is 14.0. The number of hydrogen-bond acceptors (Lipinski definition) is 5. The van der Waals surface area contributed by atoms with E-state index in [0.717, 1.165) is 47.1 Å². The number of aryl methyl sites for hydroxylation is 1. The number of nitrogens with two attached hydrogens (primary N) is 1. The number of nitrogens with one attached hydrogen (secondary N) is 1. The van der Waals surface area contributed by atoms with Gasteiger partial charge in [-0.2, -0.15) is 0 Å². The maximum absolute atomic E-state index is 11.8. The van der Waals surface area contributed by atoms with Gasteiger partial charge in [0.1, 0.15) is 0 Å². The summed E-state index contributed by atoms with van der Waals surface area (Å²) in [5.41, 5.74) is 10.1. The second-order valence-electron chi connectivity index (χ2n) is 7.98. The molecule has 162 valence electrons. The van der Waals surface area contributed by atoms with Crippen LogP contribution in [0.25, 0.3) is 10.9 Å². The highest BCUT2D eigenvalue weighted by molar-refractivity contribution is 5.98. The number of aromatic nitrogens is 1. The molecule has 1 aromatic heterocycles. The Morgan fingerprint density at radius 1 is 1.16 bits per heavy atom. The number of carbonyl (C=O) groups excluding carboxylic acids is 1. The molecule has 1 aliphatic carbocycles. The number of methoxy groups -OCH3 is 1. The van der Waals surface area contributed by atoms with Gasteiger partial charge in [0.2, 0.25) is 5.91 Å². The number of anilines is 2. The Morgan fingerprint density at radius 2 is 1.94 bits per heavy atom. The van der Waals surface area contributed by atoms with Gasteiger partial charge in [-0.25, -0.2) is 0 Å². The van der Waals surface area contributed by atoms with Gasteiger partial charge in [0.05, 0.1) is 30.8 Å². The summed E-state index contributed by atoms with van der Waals surface area (Å²) in [6.45, 7) is 2.12. The Balaban J connectivity index is 1.85. The summed E-state index contributed by atoms with van der Waals surface area (Å²) in [5, 5.41) is 4.43. The number of nitrogens with zero attached hydrogens (tertiary/aromatic N) is 1. The Hall–Kier alpha value is -3.28. The van der Waals surface area contributed by atoms with Crippen molar-refractivity contribution in [3.05, 3.63) is 53.7 Å². The number of carbonyl (C=O) groups is 1. The summed E-state index contributed by atoms with van der Waals surface area (Å²) >= 11 is 0. The van der Waals surface area contributed by atoms with E-state index in [1.54, 1.807) is 13.3 Å². The van der Waals surface area contributed by atoms with Crippen molar-refractivity contribution in [3.8, 4) is 11.5 Å². The van der Waals surface area contributed by atoms with Crippen molar-refractivity contribution in [2.75, 3.05) is 12.4 Å². The first-order chi connectivity index (χ1) is 15.1. The minimum atomic E-state index is -0.399. The molecule has 4 rings (SSSR count). The number of benzene rings is 2. The lowest BCUT2D eigenvalue weighted by atomic mass is 10.0. The molecule has 0 radical (unpaired) electrons. The van der Waals surface area contributed by atoms with Crippen LogP contribution in [-0.2, 0) is 17.6 Å². The van der Waals surface area contributed by atoms with Crippen molar-refractivity contribution in [2.24, 2.45) is 5.73 Å². The topological polar surface area (TPSA) is 86.5 Å². The van der Waals surface area contributed by atoms with Gasteiger partial charge in [0.15, 0.2) is 11.5 Å². The van der Waals surface area contributed by atoms with Gasteiger partial charge in [0, 0.05) is 28.9 Å². The smallest absolute Gasteiger partial charge is 0.221 e. The molecule has 31 heavy (non-hydrogen) atoms. The Morgan fingerprint density at radius 3 is 2.65 bits per heavy atom. The highest BCUT2D eigenvalue weighted by atomic mass is 16.5. The summed E-state index contributed by atoms with van der Waals surface area (Å²) in [7, 11) is 1.64. The number of amides is 1. The van der Waals surface area contributed by atoms with Crippen LogP contribution in [0.15, 0.2) is 42.6 Å². The van der Waals surface area contributed by atoms with Gasteiger partial charge in [0.25, 0.3) is 0 Å². The number of fused-ring (bicyclic) bond motifs is 1. The first-order valence-electron chi connectivity index (χ1n) is 10.9. The van der Waals surface area contributed by atoms with Crippen LogP contribution < -0.4 is 20.5 Å². The number of hydrogen-bond donors (Lipinski definition) is 2. The fraction of sp³-hybridized carbons (Fsp3) is 0.360. The summed E-state index contributed by atoms with van der Waals surface area (Å²) in [4.78, 5) is 16.3. The van der Waals surface area contributed by atoms with Crippen molar-refractivity contribution in [2.45, 2.75) is 51.6 Å². The molecule has 0 aliphatic heterocycles. The summed E-state index contributed by atoms with van der Waals surface area (Å²) in [6.07, 6.45) is 7.38. The first kappa shape index (κ1) is 21.0. The van der Waals surface area contributed by atoms with E-state index in [0.29, 0.717) is 11.5 Å². The lowest BCUT2D eigenvalue weighted by molar-refractivity contribution is -0.117. The van der Waals surface area contributed by atoms with E-state index >= 15 is 0 Å². The maximum atomic E-state index is 11.8. The van der Waals surface area contributed by atoms with Crippen molar-refractivity contribution in [1.82, 2.24) is 4.98 Å².